The zero-order valence-electron chi connectivity index (χ0n) is 21.0. The Bertz CT molecular complexity index is 945. The molecular formula is C27H37FN2O5. The summed E-state index contributed by atoms with van der Waals surface area (Å²) in [5.74, 6) is 1.49. The molecule has 3 rings (SSSR count). The second-order valence-corrected chi connectivity index (χ2v) is 8.82. The number of benzene rings is 2. The van der Waals surface area contributed by atoms with Crippen molar-refractivity contribution in [2.24, 2.45) is 0 Å². The van der Waals surface area contributed by atoms with Crippen LogP contribution in [0.2, 0.25) is 0 Å². The summed E-state index contributed by atoms with van der Waals surface area (Å²) < 4.78 is 30.6. The molecule has 1 unspecified atom stereocenters. The quantitative estimate of drug-likeness (QED) is 0.431. The maximum atomic E-state index is 13.2. The molecule has 1 saturated heterocycles. The van der Waals surface area contributed by atoms with E-state index in [4.69, 9.17) is 14.2 Å². The van der Waals surface area contributed by atoms with E-state index >= 15 is 0 Å². The van der Waals surface area contributed by atoms with Crippen molar-refractivity contribution in [1.29, 1.82) is 0 Å². The van der Waals surface area contributed by atoms with Gasteiger partial charge in [0.1, 0.15) is 11.6 Å². The Morgan fingerprint density at radius 1 is 1.06 bits per heavy atom. The molecule has 0 amide bonds. The lowest BCUT2D eigenvalue weighted by Gasteiger charge is -2.36. The molecule has 1 heterocycles. The molecule has 35 heavy (non-hydrogen) atoms. The van der Waals surface area contributed by atoms with Gasteiger partial charge in [-0.2, -0.15) is 0 Å². The molecule has 1 N–H and O–H groups in total. The Morgan fingerprint density at radius 3 is 2.40 bits per heavy atom. The number of halogens is 1. The van der Waals surface area contributed by atoms with E-state index in [2.05, 4.69) is 9.80 Å². The Balaban J connectivity index is 1.52. The third kappa shape index (κ3) is 7.83. The summed E-state index contributed by atoms with van der Waals surface area (Å²) in [4.78, 5) is 16.4. The molecule has 0 aliphatic carbocycles. The number of ether oxygens (including phenoxy) is 3. The number of aryl methyl sites for hydroxylation is 1. The highest BCUT2D eigenvalue weighted by atomic mass is 19.1. The normalized spacial score (nSPS) is 15.1. The van der Waals surface area contributed by atoms with Crippen LogP contribution in [0.5, 0.6) is 17.2 Å². The van der Waals surface area contributed by atoms with Gasteiger partial charge in [-0.05, 0) is 69.0 Å². The van der Waals surface area contributed by atoms with Gasteiger partial charge in [-0.1, -0.05) is 0 Å². The van der Waals surface area contributed by atoms with E-state index in [1.165, 1.54) is 19.1 Å². The Labute approximate surface area is 207 Å². The summed E-state index contributed by atoms with van der Waals surface area (Å²) >= 11 is 0. The van der Waals surface area contributed by atoms with Crippen LogP contribution in [0.25, 0.3) is 0 Å². The molecule has 8 heteroatoms. The summed E-state index contributed by atoms with van der Waals surface area (Å²) in [6.45, 7) is 8.43. The van der Waals surface area contributed by atoms with E-state index in [0.717, 1.165) is 50.4 Å². The van der Waals surface area contributed by atoms with Crippen LogP contribution in [0.15, 0.2) is 36.4 Å². The second-order valence-electron chi connectivity index (χ2n) is 8.82. The van der Waals surface area contributed by atoms with Crippen molar-refractivity contribution in [3.8, 4) is 17.2 Å². The topological polar surface area (TPSA) is 71.5 Å². The molecule has 2 aromatic carbocycles. The van der Waals surface area contributed by atoms with Crippen molar-refractivity contribution in [2.75, 3.05) is 57.9 Å². The Kier molecular flexibility index (Phi) is 10.2. The molecule has 1 aliphatic heterocycles. The lowest BCUT2D eigenvalue weighted by Crippen LogP contribution is -2.46. The zero-order valence-corrected chi connectivity index (χ0v) is 21.0. The van der Waals surface area contributed by atoms with E-state index in [-0.39, 0.29) is 18.2 Å². The van der Waals surface area contributed by atoms with Crippen LogP contribution in [0.4, 0.5) is 10.1 Å². The fourth-order valence-corrected chi connectivity index (χ4v) is 4.06. The largest absolute Gasteiger partial charge is 0.493 e. The molecule has 1 atom stereocenters. The predicted octanol–water partition coefficient (Wildman–Crippen LogP) is 3.71. The number of anilines is 1. The minimum absolute atomic E-state index is 0.0593. The minimum atomic E-state index is -0.572. The second kappa shape index (κ2) is 13.3. The van der Waals surface area contributed by atoms with Crippen molar-refractivity contribution in [3.63, 3.8) is 0 Å². The lowest BCUT2D eigenvalue weighted by atomic mass is 10.1. The molecule has 7 nitrogen and oxygen atoms in total. The highest BCUT2D eigenvalue weighted by Crippen LogP contribution is 2.36. The highest BCUT2D eigenvalue weighted by Gasteiger charge is 2.19. The first-order valence-electron chi connectivity index (χ1n) is 12.3. The number of aliphatic hydroxyl groups excluding tert-OH is 1. The first-order chi connectivity index (χ1) is 16.9. The SMILES string of the molecule is COc1cc(CCCO)c(OC(C)C(C)=O)cc1OCCCN1CCN(c2ccc(F)cc2)CC1. The molecule has 0 radical (unpaired) electrons. The fraction of sp³-hybridized carbons (Fsp3) is 0.519. The Hall–Kier alpha value is -2.84. The molecule has 192 valence electrons. The van der Waals surface area contributed by atoms with Gasteiger partial charge in [0.25, 0.3) is 0 Å². The summed E-state index contributed by atoms with van der Waals surface area (Å²) in [7, 11) is 1.59. The molecular weight excluding hydrogens is 451 g/mol. The number of carbonyl (C=O) groups excluding carboxylic acids is 1. The van der Waals surface area contributed by atoms with E-state index in [1.54, 1.807) is 20.1 Å². The van der Waals surface area contributed by atoms with Crippen molar-refractivity contribution in [3.05, 3.63) is 47.8 Å². The average Bonchev–Trinajstić information content (AvgIpc) is 2.86. The molecule has 1 fully saturated rings. The van der Waals surface area contributed by atoms with Gasteiger partial charge >= 0.3 is 0 Å². The van der Waals surface area contributed by atoms with Crippen LogP contribution < -0.4 is 19.1 Å². The van der Waals surface area contributed by atoms with Gasteiger partial charge < -0.3 is 24.2 Å². The van der Waals surface area contributed by atoms with Crippen LogP contribution in [-0.2, 0) is 11.2 Å². The van der Waals surface area contributed by atoms with E-state index in [1.807, 2.05) is 18.2 Å². The fourth-order valence-electron chi connectivity index (χ4n) is 4.06. The molecule has 0 aromatic heterocycles. The predicted molar refractivity (Wildman–Crippen MR) is 134 cm³/mol. The summed E-state index contributed by atoms with van der Waals surface area (Å²) in [5, 5.41) is 9.23. The van der Waals surface area contributed by atoms with Gasteiger partial charge in [-0.3, -0.25) is 9.69 Å². The number of piperazine rings is 1. The third-order valence-corrected chi connectivity index (χ3v) is 6.27. The van der Waals surface area contributed by atoms with Gasteiger partial charge in [-0.25, -0.2) is 4.39 Å². The van der Waals surface area contributed by atoms with Gasteiger partial charge in [0.2, 0.25) is 0 Å². The maximum absolute atomic E-state index is 13.2. The number of hydrogen-bond donors (Lipinski definition) is 1. The van der Waals surface area contributed by atoms with Crippen LogP contribution in [-0.4, -0.2) is 74.9 Å². The highest BCUT2D eigenvalue weighted by molar-refractivity contribution is 5.80. The van der Waals surface area contributed by atoms with Crippen molar-refractivity contribution in [1.82, 2.24) is 4.90 Å². The lowest BCUT2D eigenvalue weighted by molar-refractivity contribution is -0.122. The number of hydrogen-bond acceptors (Lipinski definition) is 7. The van der Waals surface area contributed by atoms with Gasteiger partial charge in [0.05, 0.1) is 13.7 Å². The number of methoxy groups -OCH3 is 1. The molecule has 1 aliphatic rings. The van der Waals surface area contributed by atoms with Gasteiger partial charge in [0.15, 0.2) is 23.4 Å². The number of ketones is 1. The van der Waals surface area contributed by atoms with Crippen LogP contribution in [0.1, 0.15) is 32.3 Å². The first-order valence-corrected chi connectivity index (χ1v) is 12.3. The Morgan fingerprint density at radius 2 is 1.77 bits per heavy atom. The summed E-state index contributed by atoms with van der Waals surface area (Å²) in [6, 6.07) is 10.3. The molecule has 2 aromatic rings. The smallest absolute Gasteiger partial charge is 0.169 e. The van der Waals surface area contributed by atoms with E-state index < -0.39 is 6.10 Å². The summed E-state index contributed by atoms with van der Waals surface area (Å²) in [5.41, 5.74) is 1.93. The number of aliphatic hydroxyl groups is 1. The van der Waals surface area contributed by atoms with E-state index in [9.17, 15) is 14.3 Å². The van der Waals surface area contributed by atoms with Crippen LogP contribution in [0.3, 0.4) is 0 Å². The number of rotatable bonds is 13. The van der Waals surface area contributed by atoms with Crippen molar-refractivity contribution >= 4 is 11.5 Å². The van der Waals surface area contributed by atoms with Crippen LogP contribution >= 0.6 is 0 Å². The third-order valence-electron chi connectivity index (χ3n) is 6.27. The zero-order chi connectivity index (χ0) is 25.2. The number of carbonyl (C=O) groups is 1. The van der Waals surface area contributed by atoms with Gasteiger partial charge in [0, 0.05) is 51.1 Å². The summed E-state index contributed by atoms with van der Waals surface area (Å²) in [6.07, 6.45) is 1.48. The van der Waals surface area contributed by atoms with Gasteiger partial charge in [-0.15, -0.1) is 0 Å². The maximum Gasteiger partial charge on any atom is 0.169 e. The van der Waals surface area contributed by atoms with E-state index in [0.29, 0.717) is 36.7 Å². The minimum Gasteiger partial charge on any atom is -0.493 e. The van der Waals surface area contributed by atoms with Crippen molar-refractivity contribution < 1.29 is 28.5 Å². The number of nitrogens with zero attached hydrogens (tertiary/aromatic N) is 2. The average molecular weight is 489 g/mol. The standard InChI is InChI=1S/C27H37FN2O5/c1-20(32)21(2)35-25-19-27(26(33-3)18-22(25)6-4-16-31)34-17-5-11-29-12-14-30(15-13-29)24-9-7-23(28)8-10-24/h7-10,18-19,21,31H,4-6,11-17H2,1-3H3. The first kappa shape index (κ1) is 26.8. The number of Topliss-reactive ketones (excluding diaryl/α,β-unsaturated/α-hetero) is 1. The molecule has 0 saturated carbocycles. The van der Waals surface area contributed by atoms with Crippen LogP contribution in [0, 0.1) is 5.82 Å². The molecule has 0 spiro atoms. The van der Waals surface area contributed by atoms with Crippen molar-refractivity contribution in [2.45, 2.75) is 39.2 Å². The monoisotopic (exact) mass is 488 g/mol. The molecule has 0 bridgehead atoms.